The van der Waals surface area contributed by atoms with E-state index in [2.05, 4.69) is 11.6 Å². The lowest BCUT2D eigenvalue weighted by Crippen LogP contribution is -2.26. The van der Waals surface area contributed by atoms with Crippen molar-refractivity contribution in [2.45, 2.75) is 44.4 Å². The number of sulfonamides is 1. The summed E-state index contributed by atoms with van der Waals surface area (Å²) in [6.07, 6.45) is 3.84. The van der Waals surface area contributed by atoms with Crippen LogP contribution in [0, 0.1) is 0 Å². The van der Waals surface area contributed by atoms with Crippen molar-refractivity contribution in [1.82, 2.24) is 4.72 Å². The van der Waals surface area contributed by atoms with Crippen molar-refractivity contribution in [3.8, 4) is 11.5 Å². The van der Waals surface area contributed by atoms with Crippen molar-refractivity contribution >= 4 is 15.7 Å². The summed E-state index contributed by atoms with van der Waals surface area (Å²) in [6, 6.07) is 11.9. The predicted octanol–water partition coefficient (Wildman–Crippen LogP) is 3.76. The zero-order valence-corrected chi connectivity index (χ0v) is 17.4. The van der Waals surface area contributed by atoms with Crippen LogP contribution in [0.4, 0.5) is 5.69 Å². The smallest absolute Gasteiger partial charge is 0.240 e. The quantitative estimate of drug-likeness (QED) is 0.414. The van der Waals surface area contributed by atoms with E-state index in [9.17, 15) is 8.42 Å². The van der Waals surface area contributed by atoms with Crippen molar-refractivity contribution in [2.24, 2.45) is 0 Å². The molecule has 0 aliphatic rings. The average molecular weight is 407 g/mol. The van der Waals surface area contributed by atoms with Crippen LogP contribution >= 0.6 is 0 Å². The molecule has 0 unspecified atom stereocenters. The van der Waals surface area contributed by atoms with E-state index in [4.69, 9.17) is 15.2 Å². The second-order valence-corrected chi connectivity index (χ2v) is 8.25. The third-order valence-electron chi connectivity index (χ3n) is 4.21. The fraction of sp³-hybridized carbons (Fsp3) is 0.429. The molecule has 6 nitrogen and oxygen atoms in total. The SMILES string of the molecule is CCCCCOc1ccc(CCNS(=O)(=O)c2ccc(N)cc2)cc1OCC. The standard InChI is InChI=1S/C21H30N2O4S/c1-3-5-6-15-27-20-12-7-17(16-21(20)26-4-2)13-14-23-28(24,25)19-10-8-18(22)9-11-19/h7-12,16,23H,3-6,13-15,22H2,1-2H3. The summed E-state index contributed by atoms with van der Waals surface area (Å²) >= 11 is 0. The number of hydrogen-bond donors (Lipinski definition) is 2. The minimum Gasteiger partial charge on any atom is -0.490 e. The molecule has 3 N–H and O–H groups in total. The fourth-order valence-corrected chi connectivity index (χ4v) is 3.72. The number of ether oxygens (including phenoxy) is 2. The molecule has 7 heteroatoms. The Morgan fingerprint density at radius 2 is 1.71 bits per heavy atom. The molecule has 0 bridgehead atoms. The first-order valence-corrected chi connectivity index (χ1v) is 11.2. The van der Waals surface area contributed by atoms with E-state index in [0.717, 1.165) is 30.6 Å². The molecule has 0 saturated heterocycles. The van der Waals surface area contributed by atoms with Gasteiger partial charge in [-0.2, -0.15) is 0 Å². The van der Waals surface area contributed by atoms with Gasteiger partial charge >= 0.3 is 0 Å². The van der Waals surface area contributed by atoms with Gasteiger partial charge in [-0.15, -0.1) is 0 Å². The van der Waals surface area contributed by atoms with Crippen LogP contribution < -0.4 is 19.9 Å². The molecule has 28 heavy (non-hydrogen) atoms. The number of benzene rings is 2. The second-order valence-electron chi connectivity index (χ2n) is 6.49. The molecule has 0 aliphatic carbocycles. The molecule has 0 aliphatic heterocycles. The number of nitrogens with one attached hydrogen (secondary N) is 1. The van der Waals surface area contributed by atoms with E-state index in [1.807, 2.05) is 25.1 Å². The van der Waals surface area contributed by atoms with Crippen molar-refractivity contribution in [2.75, 3.05) is 25.5 Å². The topological polar surface area (TPSA) is 90.7 Å². The molecule has 0 radical (unpaired) electrons. The molecule has 0 saturated carbocycles. The Bertz CT molecular complexity index is 836. The third-order valence-corrected chi connectivity index (χ3v) is 5.69. The molecule has 154 valence electrons. The van der Waals surface area contributed by atoms with E-state index in [1.54, 1.807) is 12.1 Å². The highest BCUT2D eigenvalue weighted by Gasteiger charge is 2.13. The van der Waals surface area contributed by atoms with Crippen molar-refractivity contribution in [3.05, 3.63) is 48.0 Å². The van der Waals surface area contributed by atoms with Crippen LogP contribution in [0.15, 0.2) is 47.4 Å². The van der Waals surface area contributed by atoms with E-state index in [-0.39, 0.29) is 11.4 Å². The maximum absolute atomic E-state index is 12.3. The van der Waals surface area contributed by atoms with E-state index >= 15 is 0 Å². The average Bonchev–Trinajstić information content (AvgIpc) is 2.67. The lowest BCUT2D eigenvalue weighted by molar-refractivity contribution is 0.271. The molecule has 0 heterocycles. The highest BCUT2D eigenvalue weighted by Crippen LogP contribution is 2.29. The monoisotopic (exact) mass is 406 g/mol. The highest BCUT2D eigenvalue weighted by atomic mass is 32.2. The van der Waals surface area contributed by atoms with E-state index in [1.165, 1.54) is 12.1 Å². The predicted molar refractivity (Wildman–Crippen MR) is 112 cm³/mol. The Hall–Kier alpha value is -2.25. The summed E-state index contributed by atoms with van der Waals surface area (Å²) in [7, 11) is -3.55. The molecular formula is C21H30N2O4S. The molecule has 0 fully saturated rings. The number of hydrogen-bond acceptors (Lipinski definition) is 5. The van der Waals surface area contributed by atoms with E-state index in [0.29, 0.717) is 31.1 Å². The van der Waals surface area contributed by atoms with Crippen LogP contribution in [-0.4, -0.2) is 28.2 Å². The first-order valence-electron chi connectivity index (χ1n) is 9.70. The molecule has 2 aromatic rings. The molecule has 2 rings (SSSR count). The van der Waals surface area contributed by atoms with Crippen molar-refractivity contribution in [1.29, 1.82) is 0 Å². The fourth-order valence-electron chi connectivity index (χ4n) is 2.69. The zero-order chi connectivity index (χ0) is 20.4. The van der Waals surface area contributed by atoms with Gasteiger partial charge in [0, 0.05) is 12.2 Å². The van der Waals surface area contributed by atoms with Gasteiger partial charge in [0.05, 0.1) is 18.1 Å². The van der Waals surface area contributed by atoms with Crippen molar-refractivity contribution in [3.63, 3.8) is 0 Å². The molecule has 0 spiro atoms. The number of unbranched alkanes of at least 4 members (excludes halogenated alkanes) is 2. The highest BCUT2D eigenvalue weighted by molar-refractivity contribution is 7.89. The Labute approximate surface area is 168 Å². The Morgan fingerprint density at radius 3 is 2.39 bits per heavy atom. The first-order chi connectivity index (χ1) is 13.5. The van der Waals surface area contributed by atoms with Gasteiger partial charge in [-0.3, -0.25) is 0 Å². The van der Waals surface area contributed by atoms with Gasteiger partial charge in [0.1, 0.15) is 0 Å². The molecule has 0 atom stereocenters. The summed E-state index contributed by atoms with van der Waals surface area (Å²) in [5, 5.41) is 0. The number of nitrogens with two attached hydrogens (primary N) is 1. The minimum atomic E-state index is -3.55. The summed E-state index contributed by atoms with van der Waals surface area (Å²) in [5.41, 5.74) is 7.11. The summed E-state index contributed by atoms with van der Waals surface area (Å²) in [6.45, 7) is 5.57. The summed E-state index contributed by atoms with van der Waals surface area (Å²) in [5.74, 6) is 1.42. The maximum atomic E-state index is 12.3. The third kappa shape index (κ3) is 6.73. The van der Waals surface area contributed by atoms with Crippen molar-refractivity contribution < 1.29 is 17.9 Å². The Morgan fingerprint density at radius 1 is 0.964 bits per heavy atom. The van der Waals surface area contributed by atoms with Crippen LogP contribution in [0.5, 0.6) is 11.5 Å². The molecular weight excluding hydrogens is 376 g/mol. The lowest BCUT2D eigenvalue weighted by Gasteiger charge is -2.14. The second kappa shape index (κ2) is 10.9. The van der Waals surface area contributed by atoms with Gasteiger partial charge in [-0.05, 0) is 61.7 Å². The summed E-state index contributed by atoms with van der Waals surface area (Å²) < 4.78 is 38.8. The lowest BCUT2D eigenvalue weighted by atomic mass is 10.1. The molecule has 0 aromatic heterocycles. The minimum absolute atomic E-state index is 0.201. The van der Waals surface area contributed by atoms with Crippen LogP contribution in [0.3, 0.4) is 0 Å². The molecule has 2 aromatic carbocycles. The van der Waals surface area contributed by atoms with Crippen LogP contribution in [0.2, 0.25) is 0 Å². The van der Waals surface area contributed by atoms with Crippen LogP contribution in [0.1, 0.15) is 38.7 Å². The normalized spacial score (nSPS) is 11.4. The Kier molecular flexibility index (Phi) is 8.60. The Balaban J connectivity index is 1.95. The van der Waals surface area contributed by atoms with Crippen LogP contribution in [-0.2, 0) is 16.4 Å². The number of anilines is 1. The van der Waals surface area contributed by atoms with Gasteiger partial charge in [0.25, 0.3) is 0 Å². The first kappa shape index (κ1) is 22.0. The van der Waals surface area contributed by atoms with Gasteiger partial charge in [0.2, 0.25) is 10.0 Å². The molecule has 0 amide bonds. The maximum Gasteiger partial charge on any atom is 0.240 e. The van der Waals surface area contributed by atoms with Gasteiger partial charge < -0.3 is 15.2 Å². The van der Waals surface area contributed by atoms with Gasteiger partial charge in [-0.1, -0.05) is 25.8 Å². The van der Waals surface area contributed by atoms with Crippen LogP contribution in [0.25, 0.3) is 0 Å². The van der Waals surface area contributed by atoms with Gasteiger partial charge in [-0.25, -0.2) is 13.1 Å². The number of nitrogen functional groups attached to an aromatic ring is 1. The largest absolute Gasteiger partial charge is 0.490 e. The number of rotatable bonds is 12. The zero-order valence-electron chi connectivity index (χ0n) is 16.6. The summed E-state index contributed by atoms with van der Waals surface area (Å²) in [4.78, 5) is 0.201. The van der Waals surface area contributed by atoms with Gasteiger partial charge in [0.15, 0.2) is 11.5 Å². The van der Waals surface area contributed by atoms with E-state index < -0.39 is 10.0 Å².